The van der Waals surface area contributed by atoms with Crippen LogP contribution in [0.25, 0.3) is 22.3 Å². The molecule has 1 N–H and O–H groups in total. The Hall–Kier alpha value is -2.78. The summed E-state index contributed by atoms with van der Waals surface area (Å²) in [6.45, 7) is 9.99. The SMILES string of the molecule is CCc1c2c(nc3ccc(OC(O)N4CCC(N5CCCCC5)CC4)cc13)-c1cc3c(c(=O)n1C2)COCC3CC. The van der Waals surface area contributed by atoms with Crippen molar-refractivity contribution < 1.29 is 14.6 Å². The van der Waals surface area contributed by atoms with Crippen LogP contribution in [0.3, 0.4) is 0 Å². The number of pyridine rings is 2. The highest BCUT2D eigenvalue weighted by Gasteiger charge is 2.32. The van der Waals surface area contributed by atoms with Gasteiger partial charge < -0.3 is 24.0 Å². The van der Waals surface area contributed by atoms with Crippen molar-refractivity contribution in [2.24, 2.45) is 0 Å². The van der Waals surface area contributed by atoms with Crippen LogP contribution in [0.4, 0.5) is 0 Å². The number of rotatable bonds is 6. The van der Waals surface area contributed by atoms with E-state index in [4.69, 9.17) is 14.5 Å². The molecule has 0 saturated carbocycles. The number of nitrogens with zero attached hydrogens (tertiary/aromatic N) is 4. The van der Waals surface area contributed by atoms with E-state index < -0.39 is 6.41 Å². The van der Waals surface area contributed by atoms with Gasteiger partial charge in [0, 0.05) is 41.6 Å². The number of aliphatic hydroxyl groups excluding tert-OH is 1. The molecule has 7 rings (SSSR count). The molecule has 2 unspecified atom stereocenters. The molecule has 0 aliphatic carbocycles. The molecule has 6 heterocycles. The third kappa shape index (κ3) is 4.79. The van der Waals surface area contributed by atoms with E-state index in [2.05, 4.69) is 24.8 Å². The van der Waals surface area contributed by atoms with Crippen LogP contribution in [-0.2, 0) is 24.3 Å². The third-order valence-electron chi connectivity index (χ3n) is 9.98. The number of piperidine rings is 2. The van der Waals surface area contributed by atoms with Crippen molar-refractivity contribution in [1.29, 1.82) is 0 Å². The summed E-state index contributed by atoms with van der Waals surface area (Å²) in [4.78, 5) is 23.3. The molecule has 8 heteroatoms. The third-order valence-corrected chi connectivity index (χ3v) is 9.98. The molecule has 0 amide bonds. The van der Waals surface area contributed by atoms with Gasteiger partial charge >= 0.3 is 0 Å². The van der Waals surface area contributed by atoms with E-state index in [0.717, 1.165) is 77.8 Å². The first-order chi connectivity index (χ1) is 20.1. The molecule has 3 aromatic rings. The number of likely N-dealkylation sites (tertiary alicyclic amines) is 2. The number of ether oxygens (including phenoxy) is 2. The second-order valence-corrected chi connectivity index (χ2v) is 12.2. The fourth-order valence-corrected chi connectivity index (χ4v) is 7.62. The van der Waals surface area contributed by atoms with Crippen molar-refractivity contribution in [3.63, 3.8) is 0 Å². The van der Waals surface area contributed by atoms with Gasteiger partial charge in [-0.3, -0.25) is 4.79 Å². The number of aromatic nitrogens is 2. The van der Waals surface area contributed by atoms with Crippen molar-refractivity contribution in [3.8, 4) is 17.1 Å². The zero-order valence-electron chi connectivity index (χ0n) is 24.4. The molecule has 0 radical (unpaired) electrons. The monoisotopic (exact) mass is 558 g/mol. The number of hydrogen-bond acceptors (Lipinski definition) is 7. The van der Waals surface area contributed by atoms with E-state index in [1.807, 2.05) is 27.7 Å². The number of fused-ring (bicyclic) bond motifs is 5. The van der Waals surface area contributed by atoms with E-state index in [1.165, 1.54) is 37.9 Å². The van der Waals surface area contributed by atoms with Gasteiger partial charge in [-0.2, -0.15) is 0 Å². The molecule has 2 aromatic heterocycles. The molecule has 2 fully saturated rings. The summed E-state index contributed by atoms with van der Waals surface area (Å²) in [6, 6.07) is 8.73. The predicted octanol–water partition coefficient (Wildman–Crippen LogP) is 4.62. The molecule has 8 nitrogen and oxygen atoms in total. The first-order valence-corrected chi connectivity index (χ1v) is 15.7. The van der Waals surface area contributed by atoms with Crippen LogP contribution in [0.5, 0.6) is 5.75 Å². The Labute approximate surface area is 241 Å². The number of hydrogen-bond donors (Lipinski definition) is 1. The first kappa shape index (κ1) is 27.1. The van der Waals surface area contributed by atoms with Gasteiger partial charge in [0.2, 0.25) is 0 Å². The standard InChI is InChI=1S/C33H42N4O4/c1-3-21-19-40-20-28-25(21)17-30-31-27(18-37(30)32(28)38)24(4-2)26-16-23(8-9-29(26)34-31)41-33(39)36-14-10-22(11-15-36)35-12-6-5-7-13-35/h8-9,16-17,21-22,33,39H,3-7,10-15,18-20H2,1-2H3. The van der Waals surface area contributed by atoms with Gasteiger partial charge in [0.1, 0.15) is 5.75 Å². The predicted molar refractivity (Wildman–Crippen MR) is 159 cm³/mol. The lowest BCUT2D eigenvalue weighted by atomic mass is 9.91. The fraction of sp³-hybridized carbons (Fsp3) is 0.576. The second kappa shape index (κ2) is 11.1. The van der Waals surface area contributed by atoms with E-state index in [0.29, 0.717) is 31.5 Å². The van der Waals surface area contributed by atoms with E-state index in [9.17, 15) is 9.90 Å². The quantitative estimate of drug-likeness (QED) is 0.346. The van der Waals surface area contributed by atoms with Crippen LogP contribution >= 0.6 is 0 Å². The molecule has 0 bridgehead atoms. The number of aryl methyl sites for hydroxylation is 1. The molecule has 41 heavy (non-hydrogen) atoms. The van der Waals surface area contributed by atoms with E-state index >= 15 is 0 Å². The summed E-state index contributed by atoms with van der Waals surface area (Å²) in [5, 5.41) is 12.0. The minimum atomic E-state index is -0.967. The van der Waals surface area contributed by atoms with Gasteiger partial charge in [-0.05, 0) is 87.0 Å². The minimum absolute atomic E-state index is 0.0518. The summed E-state index contributed by atoms with van der Waals surface area (Å²) in [7, 11) is 0. The Kier molecular flexibility index (Phi) is 7.35. The Morgan fingerprint density at radius 1 is 1.07 bits per heavy atom. The number of aliphatic hydroxyl groups is 1. The van der Waals surface area contributed by atoms with Crippen molar-refractivity contribution in [2.45, 2.75) is 90.3 Å². The lowest BCUT2D eigenvalue weighted by Crippen LogP contribution is -2.50. The van der Waals surface area contributed by atoms with Crippen LogP contribution in [0.1, 0.15) is 80.5 Å². The zero-order valence-corrected chi connectivity index (χ0v) is 24.4. The molecular formula is C33H42N4O4. The van der Waals surface area contributed by atoms with Crippen LogP contribution in [0.2, 0.25) is 0 Å². The summed E-state index contributed by atoms with van der Waals surface area (Å²) < 4.78 is 13.8. The van der Waals surface area contributed by atoms with Gasteiger partial charge in [0.05, 0.1) is 36.7 Å². The average Bonchev–Trinajstić information content (AvgIpc) is 3.38. The van der Waals surface area contributed by atoms with Crippen LogP contribution in [0, 0.1) is 0 Å². The molecule has 2 atom stereocenters. The summed E-state index contributed by atoms with van der Waals surface area (Å²) in [5.41, 5.74) is 7.01. The second-order valence-electron chi connectivity index (χ2n) is 12.2. The fourth-order valence-electron chi connectivity index (χ4n) is 7.62. The van der Waals surface area contributed by atoms with Gasteiger partial charge in [0.15, 0.2) is 0 Å². The highest BCUT2D eigenvalue weighted by Crippen LogP contribution is 2.39. The van der Waals surface area contributed by atoms with Gasteiger partial charge in [-0.15, -0.1) is 0 Å². The van der Waals surface area contributed by atoms with Gasteiger partial charge in [-0.1, -0.05) is 20.3 Å². The maximum absolute atomic E-state index is 13.6. The maximum Gasteiger partial charge on any atom is 0.259 e. The Balaban J connectivity index is 1.14. The van der Waals surface area contributed by atoms with Gasteiger partial charge in [0.25, 0.3) is 12.0 Å². The van der Waals surface area contributed by atoms with Gasteiger partial charge in [-0.25, -0.2) is 9.88 Å². The highest BCUT2D eigenvalue weighted by molar-refractivity contribution is 5.89. The van der Waals surface area contributed by atoms with Crippen LogP contribution in [0.15, 0.2) is 29.1 Å². The molecule has 4 aliphatic rings. The first-order valence-electron chi connectivity index (χ1n) is 15.7. The van der Waals surface area contributed by atoms with Crippen LogP contribution in [-0.4, -0.2) is 69.7 Å². The molecule has 4 aliphatic heterocycles. The maximum atomic E-state index is 13.6. The smallest absolute Gasteiger partial charge is 0.259 e. The molecule has 1 aromatic carbocycles. The lowest BCUT2D eigenvalue weighted by molar-refractivity contribution is -0.146. The summed E-state index contributed by atoms with van der Waals surface area (Å²) in [5.74, 6) is 0.889. The van der Waals surface area contributed by atoms with Crippen LogP contribution < -0.4 is 10.3 Å². The Morgan fingerprint density at radius 3 is 2.63 bits per heavy atom. The Morgan fingerprint density at radius 2 is 1.88 bits per heavy atom. The summed E-state index contributed by atoms with van der Waals surface area (Å²) >= 11 is 0. The number of benzene rings is 1. The van der Waals surface area contributed by atoms with E-state index in [1.54, 1.807) is 0 Å². The average molecular weight is 559 g/mol. The highest BCUT2D eigenvalue weighted by atomic mass is 16.6. The van der Waals surface area contributed by atoms with Crippen molar-refractivity contribution in [3.05, 3.63) is 56.9 Å². The largest absolute Gasteiger partial charge is 0.451 e. The van der Waals surface area contributed by atoms with Crippen molar-refractivity contribution in [2.75, 3.05) is 32.8 Å². The molecular weight excluding hydrogens is 516 g/mol. The molecule has 2 saturated heterocycles. The zero-order chi connectivity index (χ0) is 28.1. The van der Waals surface area contributed by atoms with E-state index in [-0.39, 0.29) is 11.5 Å². The molecule has 0 spiro atoms. The van der Waals surface area contributed by atoms with Crippen molar-refractivity contribution in [1.82, 2.24) is 19.4 Å². The normalized spacial score (nSPS) is 22.4. The summed E-state index contributed by atoms with van der Waals surface area (Å²) in [6.07, 6.45) is 6.92. The minimum Gasteiger partial charge on any atom is -0.451 e. The lowest BCUT2D eigenvalue weighted by Gasteiger charge is -2.41. The molecule has 218 valence electrons. The van der Waals surface area contributed by atoms with Crippen molar-refractivity contribution >= 4 is 10.9 Å². The topological polar surface area (TPSA) is 80.1 Å². The Bertz CT molecular complexity index is 1500.